The molecule has 0 saturated heterocycles. The molecule has 0 aliphatic carbocycles. The van der Waals surface area contributed by atoms with Gasteiger partial charge in [0.25, 0.3) is 0 Å². The van der Waals surface area contributed by atoms with Gasteiger partial charge >= 0.3 is 5.97 Å². The number of nitrogens with zero attached hydrogens (tertiary/aromatic N) is 2. The summed E-state index contributed by atoms with van der Waals surface area (Å²) < 4.78 is 0. The summed E-state index contributed by atoms with van der Waals surface area (Å²) >= 11 is 0. The van der Waals surface area contributed by atoms with Crippen LogP contribution in [0.4, 0.5) is 0 Å². The summed E-state index contributed by atoms with van der Waals surface area (Å²) in [5, 5.41) is 13.1. The highest BCUT2D eigenvalue weighted by atomic mass is 16.4. The Hall–Kier alpha value is -1.32. The van der Waals surface area contributed by atoms with Crippen molar-refractivity contribution in [1.29, 1.82) is 0 Å². The van der Waals surface area contributed by atoms with Crippen molar-refractivity contribution < 1.29 is 9.90 Å². The van der Waals surface area contributed by atoms with Crippen molar-refractivity contribution in [2.24, 2.45) is 5.10 Å². The number of allylic oxidation sites excluding steroid dienone is 1. The third kappa shape index (κ3) is 1.89. The van der Waals surface area contributed by atoms with Crippen LogP contribution in [-0.4, -0.2) is 29.8 Å². The number of carboxylic acid groups (broad SMARTS) is 1. The van der Waals surface area contributed by atoms with Gasteiger partial charge in [0.15, 0.2) is 0 Å². The molecule has 0 aromatic carbocycles. The Morgan fingerprint density at radius 3 is 2.40 bits per heavy atom. The number of hydrogen-bond acceptors (Lipinski definition) is 3. The van der Waals surface area contributed by atoms with Gasteiger partial charge in [-0.15, -0.1) is 0 Å². The molecule has 0 aromatic heterocycles. The fourth-order valence-electron chi connectivity index (χ4n) is 0.525. The fourth-order valence-corrected chi connectivity index (χ4v) is 0.525. The molecule has 0 heterocycles. The molecular formula is C6H10N2O2. The van der Waals surface area contributed by atoms with Crippen LogP contribution in [0.5, 0.6) is 0 Å². The lowest BCUT2D eigenvalue weighted by Gasteiger charge is -2.10. The van der Waals surface area contributed by atoms with Crippen LogP contribution in [0.3, 0.4) is 0 Å². The Morgan fingerprint density at radius 1 is 1.80 bits per heavy atom. The molecule has 0 bridgehead atoms. The van der Waals surface area contributed by atoms with E-state index in [1.807, 2.05) is 0 Å². The highest BCUT2D eigenvalue weighted by molar-refractivity contribution is 5.85. The third-order valence-electron chi connectivity index (χ3n) is 1.05. The van der Waals surface area contributed by atoms with E-state index in [1.165, 1.54) is 18.1 Å². The molecule has 4 heteroatoms. The predicted octanol–water partition coefficient (Wildman–Crippen LogP) is 0.522. The first-order valence-electron chi connectivity index (χ1n) is 2.73. The van der Waals surface area contributed by atoms with Crippen molar-refractivity contribution in [3.05, 3.63) is 11.8 Å². The van der Waals surface area contributed by atoms with E-state index in [9.17, 15) is 4.79 Å². The average molecular weight is 142 g/mol. The Bertz CT molecular complexity index is 175. The highest BCUT2D eigenvalue weighted by Crippen LogP contribution is 1.99. The van der Waals surface area contributed by atoms with E-state index < -0.39 is 5.97 Å². The van der Waals surface area contributed by atoms with Crippen LogP contribution < -0.4 is 0 Å². The molecule has 10 heavy (non-hydrogen) atoms. The molecule has 0 fully saturated rings. The molecular weight excluding hydrogens is 132 g/mol. The molecule has 0 aliphatic heterocycles. The van der Waals surface area contributed by atoms with Gasteiger partial charge in [0, 0.05) is 13.8 Å². The molecule has 0 spiro atoms. The first kappa shape index (κ1) is 8.68. The van der Waals surface area contributed by atoms with Crippen LogP contribution in [0.1, 0.15) is 6.92 Å². The maximum absolute atomic E-state index is 10.3. The molecule has 0 radical (unpaired) electrons. The van der Waals surface area contributed by atoms with Gasteiger partial charge in [-0.2, -0.15) is 5.10 Å². The SMILES string of the molecule is C=NN(C)/C(=C\C)C(=O)O. The monoisotopic (exact) mass is 142 g/mol. The van der Waals surface area contributed by atoms with Crippen molar-refractivity contribution in [2.75, 3.05) is 7.05 Å². The minimum absolute atomic E-state index is 0.120. The summed E-state index contributed by atoms with van der Waals surface area (Å²) in [6.07, 6.45) is 1.46. The first-order valence-corrected chi connectivity index (χ1v) is 2.73. The molecule has 0 rings (SSSR count). The number of carbonyl (C=O) groups is 1. The van der Waals surface area contributed by atoms with Crippen molar-refractivity contribution >= 4 is 12.7 Å². The largest absolute Gasteiger partial charge is 0.477 e. The van der Waals surface area contributed by atoms with Crippen LogP contribution in [0, 0.1) is 0 Å². The number of likely N-dealkylation sites (N-methyl/N-ethyl adjacent to an activating group) is 1. The van der Waals surface area contributed by atoms with Gasteiger partial charge in [0.05, 0.1) is 0 Å². The Labute approximate surface area is 59.5 Å². The van der Waals surface area contributed by atoms with Gasteiger partial charge in [-0.3, -0.25) is 5.01 Å². The lowest BCUT2D eigenvalue weighted by molar-refractivity contribution is -0.134. The zero-order valence-electron chi connectivity index (χ0n) is 6.03. The number of rotatable bonds is 3. The minimum Gasteiger partial charge on any atom is -0.477 e. The molecule has 0 aromatic rings. The van der Waals surface area contributed by atoms with Crippen molar-refractivity contribution in [3.63, 3.8) is 0 Å². The first-order chi connectivity index (χ1) is 4.63. The number of aliphatic carboxylic acids is 1. The van der Waals surface area contributed by atoms with Crippen LogP contribution in [0.15, 0.2) is 16.9 Å². The van der Waals surface area contributed by atoms with Gasteiger partial charge in [-0.05, 0) is 6.92 Å². The van der Waals surface area contributed by atoms with Gasteiger partial charge in [-0.1, -0.05) is 6.08 Å². The lowest BCUT2D eigenvalue weighted by Crippen LogP contribution is -2.17. The van der Waals surface area contributed by atoms with E-state index in [0.29, 0.717) is 0 Å². The van der Waals surface area contributed by atoms with Gasteiger partial charge in [-0.25, -0.2) is 4.79 Å². The standard InChI is InChI=1S/C6H10N2O2/c1-4-5(6(9)10)8(3)7-2/h4H,2H2,1,3H3,(H,9,10)/b5-4-. The fraction of sp³-hybridized carbons (Fsp3) is 0.333. The second-order valence-electron chi connectivity index (χ2n) is 1.64. The minimum atomic E-state index is -1.00. The summed E-state index contributed by atoms with van der Waals surface area (Å²) in [6, 6.07) is 0. The van der Waals surface area contributed by atoms with Gasteiger partial charge in [0.2, 0.25) is 0 Å². The Balaban J connectivity index is 4.37. The molecule has 4 nitrogen and oxygen atoms in total. The smallest absolute Gasteiger partial charge is 0.353 e. The van der Waals surface area contributed by atoms with Crippen molar-refractivity contribution in [3.8, 4) is 0 Å². The van der Waals surface area contributed by atoms with Gasteiger partial charge in [0.1, 0.15) is 5.70 Å². The Kier molecular flexibility index (Phi) is 3.17. The van der Waals surface area contributed by atoms with E-state index in [1.54, 1.807) is 6.92 Å². The lowest BCUT2D eigenvalue weighted by atomic mass is 10.4. The zero-order chi connectivity index (χ0) is 8.15. The van der Waals surface area contributed by atoms with E-state index in [0.717, 1.165) is 0 Å². The van der Waals surface area contributed by atoms with E-state index in [2.05, 4.69) is 11.8 Å². The summed E-state index contributed by atoms with van der Waals surface area (Å²) in [4.78, 5) is 10.3. The average Bonchev–Trinajstić information content (AvgIpc) is 1.88. The topological polar surface area (TPSA) is 52.9 Å². The summed E-state index contributed by atoms with van der Waals surface area (Å²) in [5.41, 5.74) is 0.120. The van der Waals surface area contributed by atoms with Crippen molar-refractivity contribution in [1.82, 2.24) is 5.01 Å². The molecule has 0 saturated carbocycles. The maximum atomic E-state index is 10.3. The molecule has 1 N–H and O–H groups in total. The molecule has 0 aliphatic rings. The van der Waals surface area contributed by atoms with Crippen molar-refractivity contribution in [2.45, 2.75) is 6.92 Å². The normalized spacial score (nSPS) is 10.8. The number of hydrogen-bond donors (Lipinski definition) is 1. The Morgan fingerprint density at radius 2 is 2.30 bits per heavy atom. The zero-order valence-corrected chi connectivity index (χ0v) is 6.03. The summed E-state index contributed by atoms with van der Waals surface area (Å²) in [7, 11) is 1.52. The number of hydrazone groups is 1. The number of carboxylic acids is 1. The van der Waals surface area contributed by atoms with Crippen LogP contribution in [0.25, 0.3) is 0 Å². The second-order valence-corrected chi connectivity index (χ2v) is 1.64. The van der Waals surface area contributed by atoms with E-state index in [4.69, 9.17) is 5.11 Å². The quantitative estimate of drug-likeness (QED) is 0.355. The third-order valence-corrected chi connectivity index (χ3v) is 1.05. The maximum Gasteiger partial charge on any atom is 0.353 e. The summed E-state index contributed by atoms with van der Waals surface area (Å²) in [5.74, 6) is -1.00. The van der Waals surface area contributed by atoms with Gasteiger partial charge < -0.3 is 5.11 Å². The van der Waals surface area contributed by atoms with E-state index in [-0.39, 0.29) is 5.70 Å². The van der Waals surface area contributed by atoms with Crippen LogP contribution in [0.2, 0.25) is 0 Å². The van der Waals surface area contributed by atoms with E-state index >= 15 is 0 Å². The molecule has 0 unspecified atom stereocenters. The highest BCUT2D eigenvalue weighted by Gasteiger charge is 2.08. The predicted molar refractivity (Wildman–Crippen MR) is 38.7 cm³/mol. The second kappa shape index (κ2) is 3.66. The molecule has 0 atom stereocenters. The van der Waals surface area contributed by atoms with Crippen LogP contribution in [-0.2, 0) is 4.79 Å². The van der Waals surface area contributed by atoms with Crippen LogP contribution >= 0.6 is 0 Å². The molecule has 56 valence electrons. The summed E-state index contributed by atoms with van der Waals surface area (Å²) in [6.45, 7) is 4.81. The molecule has 0 amide bonds.